The van der Waals surface area contributed by atoms with Crippen molar-refractivity contribution in [3.8, 4) is 0 Å². The molecule has 0 saturated carbocycles. The van der Waals surface area contributed by atoms with Gasteiger partial charge in [0.05, 0.1) is 19.3 Å². The summed E-state index contributed by atoms with van der Waals surface area (Å²) in [6.45, 7) is 0.491. The van der Waals surface area contributed by atoms with Gasteiger partial charge in [-0.2, -0.15) is 23.5 Å². The summed E-state index contributed by atoms with van der Waals surface area (Å²) in [5.74, 6) is 3.65. The number of thioether (sulfide) groups is 2. The third-order valence-corrected chi connectivity index (χ3v) is 4.22. The quantitative estimate of drug-likeness (QED) is 0.467. The summed E-state index contributed by atoms with van der Waals surface area (Å²) in [6, 6.07) is 0. The maximum Gasteiger partial charge on any atom is 0.0540 e. The molecule has 3 N–H and O–H groups in total. The minimum absolute atomic E-state index is 0.176. The Morgan fingerprint density at radius 1 is 0.750 bits per heavy atom. The molecule has 0 saturated heterocycles. The first kappa shape index (κ1) is 16.6. The van der Waals surface area contributed by atoms with Crippen molar-refractivity contribution in [1.29, 1.82) is 0 Å². The number of hydrogen-bond donors (Lipinski definition) is 3. The van der Waals surface area contributed by atoms with E-state index in [0.29, 0.717) is 0 Å². The van der Waals surface area contributed by atoms with Crippen LogP contribution in [0, 0.1) is 0 Å². The van der Waals surface area contributed by atoms with Crippen LogP contribution in [-0.4, -0.2) is 57.6 Å². The highest BCUT2D eigenvalue weighted by Crippen LogP contribution is 2.11. The Balaban J connectivity index is 3.09. The highest BCUT2D eigenvalue weighted by Gasteiger charge is 2.03. The van der Waals surface area contributed by atoms with Crippen molar-refractivity contribution in [3.05, 3.63) is 0 Å². The van der Waals surface area contributed by atoms with E-state index in [0.717, 1.165) is 48.7 Å². The maximum atomic E-state index is 9.64. The van der Waals surface area contributed by atoms with Crippen LogP contribution in [0.1, 0.15) is 25.7 Å². The summed E-state index contributed by atoms with van der Waals surface area (Å²) < 4.78 is 0. The number of hydrogen-bond acceptors (Lipinski definition) is 5. The molecular weight excluding hydrogens is 244 g/mol. The van der Waals surface area contributed by atoms with Crippen LogP contribution in [-0.2, 0) is 0 Å². The summed E-state index contributed by atoms with van der Waals surface area (Å²) in [7, 11) is 0. The summed E-state index contributed by atoms with van der Waals surface area (Å²) in [4.78, 5) is 0. The third-order valence-electron chi connectivity index (χ3n) is 2.12. The van der Waals surface area contributed by atoms with E-state index in [-0.39, 0.29) is 19.3 Å². The average Bonchev–Trinajstić information content (AvgIpc) is 2.28. The first-order valence-corrected chi connectivity index (χ1v) is 8.17. The van der Waals surface area contributed by atoms with Gasteiger partial charge in [0.25, 0.3) is 0 Å². The predicted octanol–water partition coefficient (Wildman–Crippen LogP) is 1.36. The topological polar surface area (TPSA) is 60.7 Å². The molecule has 0 spiro atoms. The molecular formula is C11H24O3S2. The van der Waals surface area contributed by atoms with E-state index in [1.165, 1.54) is 0 Å². The van der Waals surface area contributed by atoms with Crippen LogP contribution < -0.4 is 0 Å². The maximum absolute atomic E-state index is 9.64. The van der Waals surface area contributed by atoms with Crippen molar-refractivity contribution < 1.29 is 15.3 Å². The van der Waals surface area contributed by atoms with Crippen LogP contribution in [0.2, 0.25) is 0 Å². The van der Waals surface area contributed by atoms with E-state index in [1.54, 1.807) is 23.5 Å². The fourth-order valence-electron chi connectivity index (χ4n) is 1.32. The fraction of sp³-hybridized carbons (Fsp3) is 1.00. The van der Waals surface area contributed by atoms with Crippen LogP contribution in [0.25, 0.3) is 0 Å². The van der Waals surface area contributed by atoms with Crippen molar-refractivity contribution >= 4 is 23.5 Å². The lowest BCUT2D eigenvalue weighted by Gasteiger charge is -2.09. The van der Waals surface area contributed by atoms with E-state index in [1.807, 2.05) is 0 Å². The van der Waals surface area contributed by atoms with Crippen molar-refractivity contribution in [2.75, 3.05) is 36.2 Å². The lowest BCUT2D eigenvalue weighted by atomic mass is 10.1. The zero-order valence-corrected chi connectivity index (χ0v) is 11.4. The van der Waals surface area contributed by atoms with Gasteiger partial charge in [0.2, 0.25) is 0 Å². The predicted molar refractivity (Wildman–Crippen MR) is 73.3 cm³/mol. The Bertz CT molecular complexity index is 122. The molecule has 0 aliphatic heterocycles. The number of aliphatic hydroxyl groups excluding tert-OH is 3. The monoisotopic (exact) mass is 268 g/mol. The van der Waals surface area contributed by atoms with Crippen LogP contribution >= 0.6 is 23.5 Å². The molecule has 0 aromatic carbocycles. The Labute approximate surface area is 107 Å². The molecule has 0 aliphatic carbocycles. The molecule has 0 radical (unpaired) electrons. The van der Waals surface area contributed by atoms with E-state index >= 15 is 0 Å². The highest BCUT2D eigenvalue weighted by atomic mass is 32.2. The van der Waals surface area contributed by atoms with E-state index in [2.05, 4.69) is 0 Å². The third kappa shape index (κ3) is 12.6. The molecule has 3 nitrogen and oxygen atoms in total. The summed E-state index contributed by atoms with van der Waals surface area (Å²) in [6.07, 6.45) is 3.60. The van der Waals surface area contributed by atoms with Gasteiger partial charge in [-0.3, -0.25) is 0 Å². The molecule has 0 aromatic heterocycles. The van der Waals surface area contributed by atoms with Gasteiger partial charge < -0.3 is 15.3 Å². The first-order chi connectivity index (χ1) is 7.81. The molecule has 5 heteroatoms. The van der Waals surface area contributed by atoms with E-state index in [4.69, 9.17) is 10.2 Å². The van der Waals surface area contributed by atoms with Gasteiger partial charge in [-0.25, -0.2) is 0 Å². The molecule has 0 bridgehead atoms. The second-order valence-corrected chi connectivity index (χ2v) is 6.06. The molecule has 0 aromatic rings. The van der Waals surface area contributed by atoms with Gasteiger partial charge in [0.15, 0.2) is 0 Å². The van der Waals surface area contributed by atoms with Gasteiger partial charge in [0, 0.05) is 11.5 Å². The van der Waals surface area contributed by atoms with E-state index in [9.17, 15) is 5.11 Å². The smallest absolute Gasteiger partial charge is 0.0540 e. The summed E-state index contributed by atoms with van der Waals surface area (Å²) >= 11 is 3.47. The normalized spacial score (nSPS) is 11.2. The number of aliphatic hydroxyl groups is 3. The van der Waals surface area contributed by atoms with Crippen LogP contribution in [0.15, 0.2) is 0 Å². The standard InChI is InChI=1S/C11H24O3S2/c12-5-9-15-7-1-3-11(14)4-2-8-16-10-6-13/h11-14H,1-10H2. The van der Waals surface area contributed by atoms with Crippen molar-refractivity contribution in [2.45, 2.75) is 31.8 Å². The second kappa shape index (κ2) is 13.6. The summed E-state index contributed by atoms with van der Waals surface area (Å²) in [5.41, 5.74) is 0. The molecule has 0 atom stereocenters. The molecule has 16 heavy (non-hydrogen) atoms. The Morgan fingerprint density at radius 2 is 1.19 bits per heavy atom. The van der Waals surface area contributed by atoms with Crippen molar-refractivity contribution in [3.63, 3.8) is 0 Å². The minimum Gasteiger partial charge on any atom is -0.396 e. The Hall–Kier alpha value is 0.580. The van der Waals surface area contributed by atoms with Crippen LogP contribution in [0.3, 0.4) is 0 Å². The number of rotatable bonds is 12. The Morgan fingerprint density at radius 3 is 1.56 bits per heavy atom. The first-order valence-electron chi connectivity index (χ1n) is 5.86. The van der Waals surface area contributed by atoms with Crippen molar-refractivity contribution in [1.82, 2.24) is 0 Å². The van der Waals surface area contributed by atoms with Gasteiger partial charge >= 0.3 is 0 Å². The molecule has 98 valence electrons. The minimum atomic E-state index is -0.176. The van der Waals surface area contributed by atoms with Gasteiger partial charge in [-0.05, 0) is 37.2 Å². The molecule has 0 unspecified atom stereocenters. The molecule has 0 amide bonds. The van der Waals surface area contributed by atoms with Gasteiger partial charge in [-0.15, -0.1) is 0 Å². The fourth-order valence-corrected chi connectivity index (χ4v) is 2.73. The molecule has 0 rings (SSSR count). The summed E-state index contributed by atoms with van der Waals surface area (Å²) in [5, 5.41) is 26.8. The van der Waals surface area contributed by atoms with E-state index < -0.39 is 0 Å². The van der Waals surface area contributed by atoms with Crippen LogP contribution in [0.5, 0.6) is 0 Å². The van der Waals surface area contributed by atoms with Crippen molar-refractivity contribution in [2.24, 2.45) is 0 Å². The average molecular weight is 268 g/mol. The zero-order valence-electron chi connectivity index (χ0n) is 9.81. The molecule has 0 aliphatic rings. The SMILES string of the molecule is OCCSCCCC(O)CCCSCCO. The zero-order chi connectivity index (χ0) is 12.1. The second-order valence-electron chi connectivity index (χ2n) is 3.61. The van der Waals surface area contributed by atoms with Gasteiger partial charge in [0.1, 0.15) is 0 Å². The van der Waals surface area contributed by atoms with Gasteiger partial charge in [-0.1, -0.05) is 0 Å². The lowest BCUT2D eigenvalue weighted by molar-refractivity contribution is 0.153. The van der Waals surface area contributed by atoms with Crippen LogP contribution in [0.4, 0.5) is 0 Å². The largest absolute Gasteiger partial charge is 0.396 e. The Kier molecular flexibility index (Phi) is 14.1. The molecule has 0 heterocycles. The molecule has 0 fully saturated rings. The lowest BCUT2D eigenvalue weighted by Crippen LogP contribution is -2.07. The highest BCUT2D eigenvalue weighted by molar-refractivity contribution is 7.99.